The van der Waals surface area contributed by atoms with Crippen molar-refractivity contribution in [1.29, 1.82) is 0 Å². The molecule has 0 amide bonds. The molecule has 0 saturated carbocycles. The van der Waals surface area contributed by atoms with Crippen LogP contribution in [0.3, 0.4) is 0 Å². The molecular weight excluding hydrogens is 292 g/mol. The predicted molar refractivity (Wildman–Crippen MR) is 80.2 cm³/mol. The fourth-order valence-corrected chi connectivity index (χ4v) is 1.98. The maximum absolute atomic E-state index is 11.3. The van der Waals surface area contributed by atoms with Gasteiger partial charge in [0.1, 0.15) is 11.5 Å². The van der Waals surface area contributed by atoms with Gasteiger partial charge in [0.05, 0.1) is 7.11 Å². The van der Waals surface area contributed by atoms with Crippen molar-refractivity contribution in [3.05, 3.63) is 59.1 Å². The summed E-state index contributed by atoms with van der Waals surface area (Å²) in [5.74, 6) is 0.0478. The molecule has 0 heterocycles. The van der Waals surface area contributed by atoms with Crippen LogP contribution in [-0.2, 0) is 11.2 Å². The second-order valence-electron chi connectivity index (χ2n) is 4.45. The van der Waals surface area contributed by atoms with Crippen LogP contribution in [0.1, 0.15) is 5.56 Å². The van der Waals surface area contributed by atoms with Gasteiger partial charge in [-0.25, -0.2) is 4.79 Å². The molecule has 110 valence electrons. The Hall–Kier alpha value is -2.20. The minimum Gasteiger partial charge on any atom is -0.497 e. The van der Waals surface area contributed by atoms with Crippen LogP contribution in [0, 0.1) is 0 Å². The number of carboxylic acids is 1. The van der Waals surface area contributed by atoms with Crippen molar-refractivity contribution in [2.24, 2.45) is 0 Å². The van der Waals surface area contributed by atoms with E-state index in [1.807, 2.05) is 0 Å². The monoisotopic (exact) mass is 306 g/mol. The highest BCUT2D eigenvalue weighted by Gasteiger charge is 2.20. The Morgan fingerprint density at radius 1 is 1.19 bits per heavy atom. The van der Waals surface area contributed by atoms with Gasteiger partial charge < -0.3 is 14.6 Å². The van der Waals surface area contributed by atoms with Gasteiger partial charge in [-0.1, -0.05) is 29.8 Å². The van der Waals surface area contributed by atoms with E-state index in [9.17, 15) is 9.90 Å². The highest BCUT2D eigenvalue weighted by atomic mass is 35.5. The largest absolute Gasteiger partial charge is 0.497 e. The molecule has 0 unspecified atom stereocenters. The molecule has 0 aliphatic rings. The minimum atomic E-state index is -1.02. The molecule has 1 atom stereocenters. The van der Waals surface area contributed by atoms with E-state index in [0.29, 0.717) is 16.5 Å². The second kappa shape index (κ2) is 6.99. The second-order valence-corrected chi connectivity index (χ2v) is 4.89. The molecular formula is C16H15ClO4. The molecule has 0 bridgehead atoms. The maximum atomic E-state index is 11.3. The van der Waals surface area contributed by atoms with Crippen molar-refractivity contribution in [2.45, 2.75) is 12.5 Å². The molecule has 0 aliphatic carbocycles. The topological polar surface area (TPSA) is 55.8 Å². The van der Waals surface area contributed by atoms with E-state index < -0.39 is 12.1 Å². The first-order chi connectivity index (χ1) is 10.1. The molecule has 2 aromatic rings. The summed E-state index contributed by atoms with van der Waals surface area (Å²) in [7, 11) is 1.54. The van der Waals surface area contributed by atoms with Crippen molar-refractivity contribution in [3.63, 3.8) is 0 Å². The fourth-order valence-electron chi connectivity index (χ4n) is 1.85. The molecule has 0 radical (unpaired) electrons. The van der Waals surface area contributed by atoms with Crippen molar-refractivity contribution in [3.8, 4) is 11.5 Å². The smallest absolute Gasteiger partial charge is 0.345 e. The van der Waals surface area contributed by atoms with E-state index in [1.165, 1.54) is 0 Å². The minimum absolute atomic E-state index is 0.254. The number of halogens is 1. The van der Waals surface area contributed by atoms with Crippen molar-refractivity contribution in [1.82, 2.24) is 0 Å². The summed E-state index contributed by atoms with van der Waals surface area (Å²) in [6.07, 6.45) is -0.720. The van der Waals surface area contributed by atoms with Gasteiger partial charge in [0, 0.05) is 17.5 Å². The van der Waals surface area contributed by atoms with Crippen molar-refractivity contribution >= 4 is 17.6 Å². The molecule has 5 heteroatoms. The van der Waals surface area contributed by atoms with E-state index in [1.54, 1.807) is 55.6 Å². The van der Waals surface area contributed by atoms with Gasteiger partial charge in [0.25, 0.3) is 0 Å². The Kier molecular flexibility index (Phi) is 5.06. The summed E-state index contributed by atoms with van der Waals surface area (Å²) in [5, 5.41) is 9.91. The first-order valence-electron chi connectivity index (χ1n) is 6.36. The highest BCUT2D eigenvalue weighted by molar-refractivity contribution is 6.30. The highest BCUT2D eigenvalue weighted by Crippen LogP contribution is 2.21. The zero-order chi connectivity index (χ0) is 15.2. The van der Waals surface area contributed by atoms with Gasteiger partial charge in [-0.3, -0.25) is 0 Å². The van der Waals surface area contributed by atoms with Gasteiger partial charge in [-0.2, -0.15) is 0 Å². The summed E-state index contributed by atoms with van der Waals surface area (Å²) < 4.78 is 10.6. The summed E-state index contributed by atoms with van der Waals surface area (Å²) in [4.78, 5) is 11.3. The van der Waals surface area contributed by atoms with E-state index in [-0.39, 0.29) is 6.42 Å². The zero-order valence-electron chi connectivity index (χ0n) is 11.5. The van der Waals surface area contributed by atoms with Gasteiger partial charge in [-0.05, 0) is 29.8 Å². The van der Waals surface area contributed by atoms with Crippen LogP contribution in [0.15, 0.2) is 48.5 Å². The lowest BCUT2D eigenvalue weighted by atomic mass is 10.1. The molecule has 0 fully saturated rings. The summed E-state index contributed by atoms with van der Waals surface area (Å²) in [6, 6.07) is 13.9. The SMILES string of the molecule is COc1cccc(O[C@H](Cc2ccc(Cl)cc2)C(=O)O)c1. The Balaban J connectivity index is 2.11. The van der Waals surface area contributed by atoms with Gasteiger partial charge in [0.2, 0.25) is 0 Å². The lowest BCUT2D eigenvalue weighted by Crippen LogP contribution is -2.29. The van der Waals surface area contributed by atoms with Gasteiger partial charge >= 0.3 is 5.97 Å². The number of benzene rings is 2. The average Bonchev–Trinajstić information content (AvgIpc) is 2.49. The standard InChI is InChI=1S/C16H15ClO4/c1-20-13-3-2-4-14(10-13)21-15(16(18)19)9-11-5-7-12(17)8-6-11/h2-8,10,15H,9H2,1H3,(H,18,19)/t15-/m1/s1. The third kappa shape index (κ3) is 4.39. The molecule has 1 N–H and O–H groups in total. The van der Waals surface area contributed by atoms with E-state index in [0.717, 1.165) is 5.56 Å². The molecule has 0 saturated heterocycles. The van der Waals surface area contributed by atoms with Gasteiger partial charge in [-0.15, -0.1) is 0 Å². The quantitative estimate of drug-likeness (QED) is 0.888. The number of carbonyl (C=O) groups is 1. The number of methoxy groups -OCH3 is 1. The number of aliphatic carboxylic acids is 1. The summed E-state index contributed by atoms with van der Waals surface area (Å²) in [5.41, 5.74) is 0.842. The molecule has 0 spiro atoms. The predicted octanol–water partition coefficient (Wildman–Crippen LogP) is 3.42. The Morgan fingerprint density at radius 2 is 1.86 bits per heavy atom. The number of hydrogen-bond donors (Lipinski definition) is 1. The van der Waals surface area contributed by atoms with Crippen molar-refractivity contribution in [2.75, 3.05) is 7.11 Å². The molecule has 2 rings (SSSR count). The third-order valence-electron chi connectivity index (χ3n) is 2.93. The Bertz CT molecular complexity index is 610. The maximum Gasteiger partial charge on any atom is 0.345 e. The molecule has 4 nitrogen and oxygen atoms in total. The third-order valence-corrected chi connectivity index (χ3v) is 3.18. The number of carboxylic acid groups (broad SMARTS) is 1. The average molecular weight is 307 g/mol. The van der Waals surface area contributed by atoms with E-state index in [2.05, 4.69) is 0 Å². The lowest BCUT2D eigenvalue weighted by molar-refractivity contribution is -0.145. The van der Waals surface area contributed by atoms with E-state index >= 15 is 0 Å². The summed E-state index contributed by atoms with van der Waals surface area (Å²) in [6.45, 7) is 0. The molecule has 0 aromatic heterocycles. The van der Waals surface area contributed by atoms with Crippen molar-refractivity contribution < 1.29 is 19.4 Å². The molecule has 21 heavy (non-hydrogen) atoms. The number of rotatable bonds is 6. The van der Waals surface area contributed by atoms with Crippen LogP contribution >= 0.6 is 11.6 Å². The van der Waals surface area contributed by atoms with Crippen LogP contribution < -0.4 is 9.47 Å². The molecule has 2 aromatic carbocycles. The first kappa shape index (κ1) is 15.2. The van der Waals surface area contributed by atoms with E-state index in [4.69, 9.17) is 21.1 Å². The van der Waals surface area contributed by atoms with Gasteiger partial charge in [0.15, 0.2) is 6.10 Å². The zero-order valence-corrected chi connectivity index (χ0v) is 12.2. The normalized spacial score (nSPS) is 11.7. The van der Waals surface area contributed by atoms with Crippen LogP contribution in [0.5, 0.6) is 11.5 Å². The van der Waals surface area contributed by atoms with Crippen LogP contribution in [0.4, 0.5) is 0 Å². The Morgan fingerprint density at radius 3 is 2.48 bits per heavy atom. The number of ether oxygens (including phenoxy) is 2. The Labute approximate surface area is 127 Å². The fraction of sp³-hybridized carbons (Fsp3) is 0.188. The number of hydrogen-bond acceptors (Lipinski definition) is 3. The lowest BCUT2D eigenvalue weighted by Gasteiger charge is -2.15. The summed E-state index contributed by atoms with van der Waals surface area (Å²) >= 11 is 5.81. The van der Waals surface area contributed by atoms with Crippen LogP contribution in [0.25, 0.3) is 0 Å². The van der Waals surface area contributed by atoms with Crippen LogP contribution in [-0.4, -0.2) is 24.3 Å². The first-order valence-corrected chi connectivity index (χ1v) is 6.74. The molecule has 0 aliphatic heterocycles. The van der Waals surface area contributed by atoms with Crippen LogP contribution in [0.2, 0.25) is 5.02 Å².